The minimum atomic E-state index is 1.15. The summed E-state index contributed by atoms with van der Waals surface area (Å²) in [6.45, 7) is 0. The lowest BCUT2D eigenvalue weighted by Crippen LogP contribution is -1.74. The molecule has 0 radical (unpaired) electrons. The van der Waals surface area contributed by atoms with E-state index in [9.17, 15) is 0 Å². The van der Waals surface area contributed by atoms with Crippen molar-refractivity contribution in [3.8, 4) is 0 Å². The first-order valence-corrected chi connectivity index (χ1v) is 9.76. The molecule has 1 heterocycles. The predicted octanol–water partition coefficient (Wildman–Crippen LogP) is 6.08. The van der Waals surface area contributed by atoms with Crippen LogP contribution in [0.15, 0.2) is 41.4 Å². The van der Waals surface area contributed by atoms with Crippen LogP contribution in [0.3, 0.4) is 0 Å². The van der Waals surface area contributed by atoms with E-state index < -0.39 is 0 Å². The van der Waals surface area contributed by atoms with E-state index in [1.165, 1.54) is 18.3 Å². The zero-order valence-electron chi connectivity index (χ0n) is 9.40. The second-order valence-electron chi connectivity index (χ2n) is 3.17. The molecule has 5 heteroatoms. The predicted molar refractivity (Wildman–Crippen MR) is 91.4 cm³/mol. The molecule has 0 saturated heterocycles. The van der Waals surface area contributed by atoms with Crippen molar-refractivity contribution in [2.75, 3.05) is 12.5 Å². The van der Waals surface area contributed by atoms with Crippen LogP contribution in [0.25, 0.3) is 6.08 Å². The van der Waals surface area contributed by atoms with Gasteiger partial charge >= 0.3 is 0 Å². The number of thioether (sulfide) groups is 4. The standard InChI is InChI=1S/C12H11BrS4/c1-14-11-12(15-2)17-10(16-11)7-8-5-3-4-6-9(8)13/h3-7H,1-2H3. The number of hydrogen-bond acceptors (Lipinski definition) is 4. The maximum Gasteiger partial charge on any atom is 0.0657 e. The molecular formula is C12H11BrS4. The van der Waals surface area contributed by atoms with Crippen molar-refractivity contribution in [3.05, 3.63) is 47.0 Å². The van der Waals surface area contributed by atoms with Crippen LogP contribution < -0.4 is 0 Å². The van der Waals surface area contributed by atoms with Crippen molar-refractivity contribution >= 4 is 69.1 Å². The van der Waals surface area contributed by atoms with Crippen LogP contribution in [0.1, 0.15) is 5.56 Å². The molecule has 0 bridgehead atoms. The number of rotatable bonds is 3. The van der Waals surface area contributed by atoms with Crippen LogP contribution in [0.2, 0.25) is 0 Å². The highest BCUT2D eigenvalue weighted by Gasteiger charge is 2.19. The molecule has 0 fully saturated rings. The molecule has 17 heavy (non-hydrogen) atoms. The fraction of sp³-hybridized carbons (Fsp3) is 0.167. The first kappa shape index (κ1) is 14.0. The summed E-state index contributed by atoms with van der Waals surface area (Å²) in [7, 11) is 0. The highest BCUT2D eigenvalue weighted by atomic mass is 79.9. The molecular weight excluding hydrogens is 352 g/mol. The lowest BCUT2D eigenvalue weighted by atomic mass is 10.2. The van der Waals surface area contributed by atoms with Crippen molar-refractivity contribution in [2.24, 2.45) is 0 Å². The Kier molecular flexibility index (Phi) is 5.49. The molecule has 0 atom stereocenters. The van der Waals surface area contributed by atoms with Crippen molar-refractivity contribution in [1.29, 1.82) is 0 Å². The van der Waals surface area contributed by atoms with Gasteiger partial charge in [0.05, 0.1) is 12.7 Å². The van der Waals surface area contributed by atoms with E-state index in [0.29, 0.717) is 0 Å². The van der Waals surface area contributed by atoms with Gasteiger partial charge in [-0.3, -0.25) is 0 Å². The van der Waals surface area contributed by atoms with Gasteiger partial charge in [-0.1, -0.05) is 57.7 Å². The minimum absolute atomic E-state index is 1.15. The Morgan fingerprint density at radius 2 is 1.65 bits per heavy atom. The summed E-state index contributed by atoms with van der Waals surface area (Å²) in [5.41, 5.74) is 1.24. The van der Waals surface area contributed by atoms with Gasteiger partial charge in [0.1, 0.15) is 0 Å². The SMILES string of the molecule is CSC1=C(SC)SC(=Cc2ccccc2Br)S1. The Labute approximate surface area is 128 Å². The van der Waals surface area contributed by atoms with Crippen molar-refractivity contribution in [1.82, 2.24) is 0 Å². The van der Waals surface area contributed by atoms with Gasteiger partial charge < -0.3 is 0 Å². The molecule has 0 unspecified atom stereocenters. The fourth-order valence-electron chi connectivity index (χ4n) is 1.31. The van der Waals surface area contributed by atoms with E-state index in [4.69, 9.17) is 0 Å². The summed E-state index contributed by atoms with van der Waals surface area (Å²) in [5.74, 6) is 0. The highest BCUT2D eigenvalue weighted by molar-refractivity contribution is 9.10. The molecule has 0 nitrogen and oxygen atoms in total. The fourth-order valence-corrected chi connectivity index (χ4v) is 6.64. The van der Waals surface area contributed by atoms with E-state index in [2.05, 4.69) is 52.7 Å². The molecule has 0 amide bonds. The smallest absolute Gasteiger partial charge is 0.0657 e. The molecule has 0 aliphatic carbocycles. The molecule has 2 rings (SSSR count). The Hall–Kier alpha value is 0.580. The second-order valence-corrected chi connectivity index (χ2v) is 8.54. The first-order chi connectivity index (χ1) is 8.24. The Bertz CT molecular complexity index is 461. The van der Waals surface area contributed by atoms with Gasteiger partial charge in [-0.25, -0.2) is 0 Å². The number of hydrogen-bond donors (Lipinski definition) is 0. The molecule has 1 aromatic carbocycles. The third kappa shape index (κ3) is 3.53. The zero-order valence-corrected chi connectivity index (χ0v) is 14.2. The van der Waals surface area contributed by atoms with Crippen molar-refractivity contribution < 1.29 is 0 Å². The van der Waals surface area contributed by atoms with Crippen LogP contribution in [0.4, 0.5) is 0 Å². The van der Waals surface area contributed by atoms with Crippen LogP contribution in [-0.4, -0.2) is 12.5 Å². The number of halogens is 1. The van der Waals surface area contributed by atoms with Gasteiger partial charge in [-0.05, 0) is 30.2 Å². The average Bonchev–Trinajstić information content (AvgIpc) is 2.74. The largest absolute Gasteiger partial charge is 0.121 e. The average molecular weight is 363 g/mol. The van der Waals surface area contributed by atoms with Gasteiger partial charge in [0, 0.05) is 4.47 Å². The summed E-state index contributed by atoms with van der Waals surface area (Å²) in [5, 5.41) is 0. The summed E-state index contributed by atoms with van der Waals surface area (Å²) >= 11 is 11.0. The minimum Gasteiger partial charge on any atom is -0.121 e. The van der Waals surface area contributed by atoms with Gasteiger partial charge in [0.15, 0.2) is 0 Å². The van der Waals surface area contributed by atoms with E-state index >= 15 is 0 Å². The molecule has 0 spiro atoms. The van der Waals surface area contributed by atoms with E-state index in [1.54, 1.807) is 0 Å². The summed E-state index contributed by atoms with van der Waals surface area (Å²) in [6.07, 6.45) is 6.53. The molecule has 0 N–H and O–H groups in total. The topological polar surface area (TPSA) is 0 Å². The summed E-state index contributed by atoms with van der Waals surface area (Å²) in [4.78, 5) is 0. The van der Waals surface area contributed by atoms with E-state index in [1.807, 2.05) is 53.1 Å². The zero-order chi connectivity index (χ0) is 12.3. The van der Waals surface area contributed by atoms with Crippen LogP contribution in [0, 0.1) is 0 Å². The van der Waals surface area contributed by atoms with Gasteiger partial charge in [-0.15, -0.1) is 23.5 Å². The quantitative estimate of drug-likeness (QED) is 0.638. The van der Waals surface area contributed by atoms with Crippen molar-refractivity contribution in [3.63, 3.8) is 0 Å². The van der Waals surface area contributed by atoms with E-state index in [0.717, 1.165) is 4.47 Å². The lowest BCUT2D eigenvalue weighted by molar-refractivity contribution is 1.60. The molecule has 1 aromatic rings. The molecule has 90 valence electrons. The van der Waals surface area contributed by atoms with Gasteiger partial charge in [-0.2, -0.15) is 0 Å². The van der Waals surface area contributed by atoms with Crippen molar-refractivity contribution in [2.45, 2.75) is 0 Å². The maximum atomic E-state index is 3.58. The first-order valence-electron chi connectivity index (χ1n) is 4.88. The van der Waals surface area contributed by atoms with Crippen LogP contribution >= 0.6 is 63.0 Å². The molecule has 1 aliphatic heterocycles. The van der Waals surface area contributed by atoms with Crippen LogP contribution in [-0.2, 0) is 0 Å². The van der Waals surface area contributed by atoms with E-state index in [-0.39, 0.29) is 0 Å². The lowest BCUT2D eigenvalue weighted by Gasteiger charge is -2.00. The Morgan fingerprint density at radius 3 is 2.18 bits per heavy atom. The Morgan fingerprint density at radius 1 is 1.06 bits per heavy atom. The van der Waals surface area contributed by atoms with Crippen LogP contribution in [0.5, 0.6) is 0 Å². The normalized spacial score (nSPS) is 15.6. The number of benzene rings is 1. The monoisotopic (exact) mass is 362 g/mol. The van der Waals surface area contributed by atoms with Gasteiger partial charge in [0.25, 0.3) is 0 Å². The second kappa shape index (κ2) is 6.66. The highest BCUT2D eigenvalue weighted by Crippen LogP contribution is 2.56. The molecule has 0 aromatic heterocycles. The maximum absolute atomic E-state index is 3.58. The van der Waals surface area contributed by atoms with Gasteiger partial charge in [0.2, 0.25) is 0 Å². The third-order valence-electron chi connectivity index (χ3n) is 2.10. The Balaban J connectivity index is 2.20. The third-order valence-corrected chi connectivity index (χ3v) is 7.91. The summed E-state index contributed by atoms with van der Waals surface area (Å²) in [6, 6.07) is 8.32. The molecule has 0 saturated carbocycles. The summed E-state index contributed by atoms with van der Waals surface area (Å²) < 4.78 is 5.34. The molecule has 1 aliphatic rings.